The lowest BCUT2D eigenvalue weighted by Crippen LogP contribution is -2.25. The lowest BCUT2D eigenvalue weighted by atomic mass is 10.2. The van der Waals surface area contributed by atoms with E-state index < -0.39 is 23.1 Å². The maximum absolute atomic E-state index is 13.5. The van der Waals surface area contributed by atoms with E-state index in [1.54, 1.807) is 6.20 Å². The molecular formula is C14H11F2N3OS. The fourth-order valence-electron chi connectivity index (χ4n) is 2.00. The zero-order valence-corrected chi connectivity index (χ0v) is 11.9. The Labute approximate surface area is 123 Å². The van der Waals surface area contributed by atoms with E-state index in [4.69, 9.17) is 0 Å². The van der Waals surface area contributed by atoms with Gasteiger partial charge in [0.25, 0.3) is 5.91 Å². The molecule has 0 spiro atoms. The first kappa shape index (κ1) is 13.7. The molecule has 0 atom stereocenters. The summed E-state index contributed by atoms with van der Waals surface area (Å²) < 4.78 is 28.9. The summed E-state index contributed by atoms with van der Waals surface area (Å²) in [6, 6.07) is 3.32. The highest BCUT2D eigenvalue weighted by Crippen LogP contribution is 2.16. The van der Waals surface area contributed by atoms with Crippen LogP contribution in [-0.4, -0.2) is 15.3 Å². The number of amides is 1. The van der Waals surface area contributed by atoms with Crippen molar-refractivity contribution in [3.63, 3.8) is 0 Å². The van der Waals surface area contributed by atoms with Crippen molar-refractivity contribution in [1.29, 1.82) is 0 Å². The van der Waals surface area contributed by atoms with Crippen LogP contribution in [0.5, 0.6) is 0 Å². The van der Waals surface area contributed by atoms with Crippen LogP contribution in [0.15, 0.2) is 29.8 Å². The van der Waals surface area contributed by atoms with E-state index >= 15 is 0 Å². The van der Waals surface area contributed by atoms with Crippen molar-refractivity contribution in [2.75, 3.05) is 0 Å². The minimum atomic E-state index is -0.880. The Bertz CT molecular complexity index is 805. The number of carbonyl (C=O) groups excluding carboxylic acids is 1. The molecule has 3 aromatic rings. The molecule has 108 valence electrons. The van der Waals surface area contributed by atoms with E-state index in [9.17, 15) is 13.6 Å². The Balaban J connectivity index is 1.76. The van der Waals surface area contributed by atoms with Crippen LogP contribution in [0.3, 0.4) is 0 Å². The van der Waals surface area contributed by atoms with E-state index in [-0.39, 0.29) is 6.54 Å². The molecule has 7 heteroatoms. The Kier molecular flexibility index (Phi) is 3.42. The maximum atomic E-state index is 13.5. The fourth-order valence-corrected chi connectivity index (χ4v) is 2.87. The largest absolute Gasteiger partial charge is 0.346 e. The van der Waals surface area contributed by atoms with Gasteiger partial charge in [0.15, 0.2) is 4.96 Å². The molecule has 0 unspecified atom stereocenters. The second-order valence-corrected chi connectivity index (χ2v) is 5.38. The first-order chi connectivity index (χ1) is 10.1. The number of hydrogen-bond acceptors (Lipinski definition) is 3. The van der Waals surface area contributed by atoms with Gasteiger partial charge in [0.1, 0.15) is 17.2 Å². The Morgan fingerprint density at radius 2 is 2.10 bits per heavy atom. The SMILES string of the molecule is Cc1csc2nc(CNC(=O)c3c(F)cccc3F)cn12. The summed E-state index contributed by atoms with van der Waals surface area (Å²) >= 11 is 1.49. The summed E-state index contributed by atoms with van der Waals surface area (Å²) in [5.74, 6) is -2.55. The van der Waals surface area contributed by atoms with Crippen LogP contribution >= 0.6 is 11.3 Å². The second-order valence-electron chi connectivity index (χ2n) is 4.54. The van der Waals surface area contributed by atoms with Crippen LogP contribution in [-0.2, 0) is 6.54 Å². The molecule has 0 aliphatic carbocycles. The van der Waals surface area contributed by atoms with E-state index in [2.05, 4.69) is 10.3 Å². The number of hydrogen-bond donors (Lipinski definition) is 1. The smallest absolute Gasteiger partial charge is 0.257 e. The minimum absolute atomic E-state index is 0.112. The van der Waals surface area contributed by atoms with Crippen LogP contribution in [0.2, 0.25) is 0 Å². The highest BCUT2D eigenvalue weighted by atomic mass is 32.1. The number of aromatic nitrogens is 2. The standard InChI is InChI=1S/C14H11F2N3OS/c1-8-7-21-14-18-9(6-19(8)14)5-17-13(20)12-10(15)3-2-4-11(12)16/h2-4,6-7H,5H2,1H3,(H,17,20). The minimum Gasteiger partial charge on any atom is -0.346 e. The number of benzene rings is 1. The fraction of sp³-hybridized carbons (Fsp3) is 0.143. The normalized spacial score (nSPS) is 11.0. The van der Waals surface area contributed by atoms with Crippen LogP contribution in [0.4, 0.5) is 8.78 Å². The molecule has 2 aromatic heterocycles. The molecule has 0 aliphatic rings. The number of halogens is 2. The molecule has 0 bridgehead atoms. The molecule has 21 heavy (non-hydrogen) atoms. The molecule has 0 aliphatic heterocycles. The van der Waals surface area contributed by atoms with Gasteiger partial charge in [-0.25, -0.2) is 13.8 Å². The van der Waals surface area contributed by atoms with Gasteiger partial charge in [-0.2, -0.15) is 0 Å². The predicted octanol–water partition coefficient (Wildman–Crippen LogP) is 2.91. The van der Waals surface area contributed by atoms with Gasteiger partial charge < -0.3 is 5.32 Å². The monoisotopic (exact) mass is 307 g/mol. The molecule has 0 fully saturated rings. The number of nitrogens with zero attached hydrogens (tertiary/aromatic N) is 2. The molecular weight excluding hydrogens is 296 g/mol. The van der Waals surface area contributed by atoms with Gasteiger partial charge in [-0.15, -0.1) is 11.3 Å². The molecule has 1 amide bonds. The third kappa shape index (κ3) is 2.52. The van der Waals surface area contributed by atoms with Crippen LogP contribution < -0.4 is 5.32 Å². The third-order valence-electron chi connectivity index (χ3n) is 3.06. The predicted molar refractivity (Wildman–Crippen MR) is 75.3 cm³/mol. The zero-order chi connectivity index (χ0) is 15.0. The topological polar surface area (TPSA) is 46.4 Å². The number of imidazole rings is 1. The molecule has 1 aromatic carbocycles. The van der Waals surface area contributed by atoms with Gasteiger partial charge in [0.05, 0.1) is 12.2 Å². The Morgan fingerprint density at radius 3 is 2.76 bits per heavy atom. The zero-order valence-electron chi connectivity index (χ0n) is 11.1. The second kappa shape index (κ2) is 5.25. The average Bonchev–Trinajstić information content (AvgIpc) is 2.99. The molecule has 1 N–H and O–H groups in total. The number of aryl methyl sites for hydroxylation is 1. The molecule has 4 nitrogen and oxygen atoms in total. The Morgan fingerprint density at radius 1 is 1.38 bits per heavy atom. The highest BCUT2D eigenvalue weighted by Gasteiger charge is 2.17. The van der Waals surface area contributed by atoms with Crippen LogP contribution in [0, 0.1) is 18.6 Å². The van der Waals surface area contributed by atoms with E-state index in [0.29, 0.717) is 5.69 Å². The lowest BCUT2D eigenvalue weighted by Gasteiger charge is -2.05. The summed E-state index contributed by atoms with van der Waals surface area (Å²) in [6.45, 7) is 2.06. The van der Waals surface area contributed by atoms with Crippen molar-refractivity contribution in [2.24, 2.45) is 0 Å². The van der Waals surface area contributed by atoms with E-state index in [1.165, 1.54) is 17.4 Å². The number of nitrogens with one attached hydrogen (secondary N) is 1. The van der Waals surface area contributed by atoms with Crippen LogP contribution in [0.25, 0.3) is 4.96 Å². The number of thiazole rings is 1. The van der Waals surface area contributed by atoms with Crippen molar-refractivity contribution in [3.8, 4) is 0 Å². The van der Waals surface area contributed by atoms with Gasteiger partial charge in [0, 0.05) is 17.3 Å². The summed E-state index contributed by atoms with van der Waals surface area (Å²) in [5.41, 5.74) is 1.10. The number of carbonyl (C=O) groups is 1. The summed E-state index contributed by atoms with van der Waals surface area (Å²) in [5, 5.41) is 4.45. The molecule has 0 saturated heterocycles. The van der Waals surface area contributed by atoms with Crippen LogP contribution in [0.1, 0.15) is 21.7 Å². The summed E-state index contributed by atoms with van der Waals surface area (Å²) in [6.07, 6.45) is 1.79. The highest BCUT2D eigenvalue weighted by molar-refractivity contribution is 7.15. The first-order valence-electron chi connectivity index (χ1n) is 6.20. The quantitative estimate of drug-likeness (QED) is 0.809. The van der Waals surface area contributed by atoms with Crippen molar-refractivity contribution >= 4 is 22.2 Å². The van der Waals surface area contributed by atoms with Crippen molar-refractivity contribution in [2.45, 2.75) is 13.5 Å². The van der Waals surface area contributed by atoms with E-state index in [1.807, 2.05) is 16.7 Å². The first-order valence-corrected chi connectivity index (χ1v) is 7.08. The van der Waals surface area contributed by atoms with Gasteiger partial charge in [0.2, 0.25) is 0 Å². The summed E-state index contributed by atoms with van der Waals surface area (Å²) in [7, 11) is 0. The molecule has 3 rings (SSSR count). The van der Waals surface area contributed by atoms with Gasteiger partial charge >= 0.3 is 0 Å². The Hall–Kier alpha value is -2.28. The van der Waals surface area contributed by atoms with Crippen molar-refractivity contribution < 1.29 is 13.6 Å². The van der Waals surface area contributed by atoms with Crippen molar-refractivity contribution in [3.05, 3.63) is 58.4 Å². The van der Waals surface area contributed by atoms with Gasteiger partial charge in [-0.05, 0) is 19.1 Å². The lowest BCUT2D eigenvalue weighted by molar-refractivity contribution is 0.0942. The van der Waals surface area contributed by atoms with E-state index in [0.717, 1.165) is 22.8 Å². The number of fused-ring (bicyclic) bond motifs is 1. The number of rotatable bonds is 3. The maximum Gasteiger partial charge on any atom is 0.257 e. The average molecular weight is 307 g/mol. The third-order valence-corrected chi connectivity index (χ3v) is 4.02. The molecule has 0 saturated carbocycles. The van der Waals surface area contributed by atoms with Gasteiger partial charge in [-0.1, -0.05) is 6.07 Å². The van der Waals surface area contributed by atoms with Gasteiger partial charge in [-0.3, -0.25) is 9.20 Å². The van der Waals surface area contributed by atoms with Crippen molar-refractivity contribution in [1.82, 2.24) is 14.7 Å². The summed E-state index contributed by atoms with van der Waals surface area (Å²) in [4.78, 5) is 17.0. The molecule has 2 heterocycles. The molecule has 0 radical (unpaired) electrons.